The summed E-state index contributed by atoms with van der Waals surface area (Å²) >= 11 is 5.73. The maximum absolute atomic E-state index is 13.2. The number of hydrogen-bond acceptors (Lipinski definition) is 2. The first-order chi connectivity index (χ1) is 13.0. The topological polar surface area (TPSA) is 49.4 Å². The molecule has 0 radical (unpaired) electrons. The summed E-state index contributed by atoms with van der Waals surface area (Å²) in [7, 11) is 0. The molecular formula is C21H20ClFN2O2. The number of halogens is 2. The number of likely N-dealkylation sites (tertiary alicyclic amines) is 1. The molecule has 1 aliphatic heterocycles. The number of benzene rings is 2. The van der Waals surface area contributed by atoms with Crippen LogP contribution in [0.3, 0.4) is 0 Å². The van der Waals surface area contributed by atoms with Crippen LogP contribution in [0, 0.1) is 11.7 Å². The third kappa shape index (κ3) is 5.17. The van der Waals surface area contributed by atoms with Crippen LogP contribution >= 0.6 is 11.6 Å². The van der Waals surface area contributed by atoms with Gasteiger partial charge in [0, 0.05) is 30.8 Å². The van der Waals surface area contributed by atoms with Crippen molar-refractivity contribution in [2.24, 2.45) is 5.92 Å². The quantitative estimate of drug-likeness (QED) is 0.793. The van der Waals surface area contributed by atoms with E-state index in [0.717, 1.165) is 5.56 Å². The van der Waals surface area contributed by atoms with Crippen molar-refractivity contribution < 1.29 is 14.0 Å². The number of rotatable bonds is 4. The third-order valence-corrected chi connectivity index (χ3v) is 4.87. The predicted molar refractivity (Wildman–Crippen MR) is 105 cm³/mol. The molecule has 0 aromatic heterocycles. The molecule has 0 saturated carbocycles. The summed E-state index contributed by atoms with van der Waals surface area (Å²) in [6, 6.07) is 13.7. The second kappa shape index (κ2) is 8.82. The number of hydrogen-bond donors (Lipinski definition) is 1. The van der Waals surface area contributed by atoms with E-state index in [9.17, 15) is 14.0 Å². The van der Waals surface area contributed by atoms with Crippen molar-refractivity contribution in [1.82, 2.24) is 4.90 Å². The normalized spacial score (nSPS) is 15.1. The highest BCUT2D eigenvalue weighted by molar-refractivity contribution is 6.31. The van der Waals surface area contributed by atoms with Gasteiger partial charge in [0.25, 0.3) is 0 Å². The number of nitrogens with one attached hydrogen (secondary N) is 1. The van der Waals surface area contributed by atoms with E-state index in [-0.39, 0.29) is 22.8 Å². The fraction of sp³-hybridized carbons (Fsp3) is 0.238. The maximum Gasteiger partial charge on any atom is 0.246 e. The van der Waals surface area contributed by atoms with Crippen molar-refractivity contribution in [2.75, 3.05) is 18.4 Å². The van der Waals surface area contributed by atoms with Crippen molar-refractivity contribution in [3.8, 4) is 0 Å². The van der Waals surface area contributed by atoms with Gasteiger partial charge in [0.2, 0.25) is 11.8 Å². The number of piperidine rings is 1. The first-order valence-electron chi connectivity index (χ1n) is 8.81. The van der Waals surface area contributed by atoms with Crippen molar-refractivity contribution in [1.29, 1.82) is 0 Å². The molecule has 2 aromatic carbocycles. The second-order valence-electron chi connectivity index (χ2n) is 6.46. The first kappa shape index (κ1) is 19.1. The Morgan fingerprint density at radius 3 is 2.48 bits per heavy atom. The fourth-order valence-electron chi connectivity index (χ4n) is 3.02. The molecule has 3 rings (SSSR count). The van der Waals surface area contributed by atoms with E-state index in [4.69, 9.17) is 11.6 Å². The summed E-state index contributed by atoms with van der Waals surface area (Å²) < 4.78 is 13.2. The Labute approximate surface area is 162 Å². The maximum atomic E-state index is 13.2. The molecule has 2 amide bonds. The zero-order valence-electron chi connectivity index (χ0n) is 14.7. The molecule has 1 heterocycles. The lowest BCUT2D eigenvalue weighted by atomic mass is 9.95. The lowest BCUT2D eigenvalue weighted by molar-refractivity contribution is -0.130. The van der Waals surface area contributed by atoms with Gasteiger partial charge in [-0.15, -0.1) is 0 Å². The molecule has 1 saturated heterocycles. The fourth-order valence-corrected chi connectivity index (χ4v) is 3.20. The van der Waals surface area contributed by atoms with Gasteiger partial charge < -0.3 is 10.2 Å². The van der Waals surface area contributed by atoms with Crippen molar-refractivity contribution in [3.63, 3.8) is 0 Å². The molecule has 0 spiro atoms. The molecule has 4 nitrogen and oxygen atoms in total. The molecule has 140 valence electrons. The first-order valence-corrected chi connectivity index (χ1v) is 9.18. The molecule has 1 N–H and O–H groups in total. The molecule has 6 heteroatoms. The smallest absolute Gasteiger partial charge is 0.246 e. The SMILES string of the molecule is O=C(Nc1ccc(F)c(Cl)c1)C1CCN(C(=O)C=Cc2ccccc2)CC1. The van der Waals surface area contributed by atoms with Crippen LogP contribution in [0.25, 0.3) is 6.08 Å². The molecule has 0 aliphatic carbocycles. The zero-order chi connectivity index (χ0) is 19.2. The van der Waals surface area contributed by atoms with Crippen LogP contribution in [0.2, 0.25) is 5.02 Å². The Bertz CT molecular complexity index is 847. The van der Waals surface area contributed by atoms with E-state index in [1.165, 1.54) is 18.2 Å². The Balaban J connectivity index is 1.50. The summed E-state index contributed by atoms with van der Waals surface area (Å²) in [5.41, 5.74) is 1.44. The number of anilines is 1. The summed E-state index contributed by atoms with van der Waals surface area (Å²) in [4.78, 5) is 26.4. The van der Waals surface area contributed by atoms with E-state index >= 15 is 0 Å². The van der Waals surface area contributed by atoms with Crippen molar-refractivity contribution >= 4 is 35.2 Å². The molecule has 27 heavy (non-hydrogen) atoms. The minimum Gasteiger partial charge on any atom is -0.339 e. The van der Waals surface area contributed by atoms with E-state index in [1.807, 2.05) is 30.3 Å². The average Bonchev–Trinajstić information content (AvgIpc) is 2.70. The molecule has 2 aromatic rings. The van der Waals surface area contributed by atoms with Gasteiger partial charge in [0.05, 0.1) is 5.02 Å². The highest BCUT2D eigenvalue weighted by atomic mass is 35.5. The molecule has 0 atom stereocenters. The van der Waals surface area contributed by atoms with Gasteiger partial charge in [0.15, 0.2) is 0 Å². The van der Waals surface area contributed by atoms with Gasteiger partial charge >= 0.3 is 0 Å². The molecular weight excluding hydrogens is 367 g/mol. The summed E-state index contributed by atoms with van der Waals surface area (Å²) in [6.45, 7) is 1.06. The Hall–Kier alpha value is -2.66. The van der Waals surface area contributed by atoms with Gasteiger partial charge in [-0.3, -0.25) is 9.59 Å². The Kier molecular flexibility index (Phi) is 6.24. The van der Waals surface area contributed by atoms with Crippen LogP contribution in [0.15, 0.2) is 54.6 Å². The van der Waals surface area contributed by atoms with Crippen LogP contribution in [-0.4, -0.2) is 29.8 Å². The molecule has 0 bridgehead atoms. The molecule has 1 fully saturated rings. The van der Waals surface area contributed by atoms with Crippen LogP contribution < -0.4 is 5.32 Å². The van der Waals surface area contributed by atoms with Crippen LogP contribution in [0.5, 0.6) is 0 Å². The highest BCUT2D eigenvalue weighted by Gasteiger charge is 2.26. The largest absolute Gasteiger partial charge is 0.339 e. The molecule has 1 aliphatic rings. The third-order valence-electron chi connectivity index (χ3n) is 4.58. The Morgan fingerprint density at radius 1 is 1.11 bits per heavy atom. The van der Waals surface area contributed by atoms with Gasteiger partial charge in [0.1, 0.15) is 5.82 Å². The highest BCUT2D eigenvalue weighted by Crippen LogP contribution is 2.23. The number of carbonyl (C=O) groups is 2. The second-order valence-corrected chi connectivity index (χ2v) is 6.87. The number of nitrogens with zero attached hydrogens (tertiary/aromatic N) is 1. The van der Waals surface area contributed by atoms with Gasteiger partial charge in [-0.1, -0.05) is 41.9 Å². The monoisotopic (exact) mass is 386 g/mol. The van der Waals surface area contributed by atoms with Gasteiger partial charge in [-0.25, -0.2) is 4.39 Å². The van der Waals surface area contributed by atoms with Crippen LogP contribution in [0.1, 0.15) is 18.4 Å². The minimum atomic E-state index is -0.523. The lowest BCUT2D eigenvalue weighted by Gasteiger charge is -2.30. The van der Waals surface area contributed by atoms with Crippen LogP contribution in [-0.2, 0) is 9.59 Å². The lowest BCUT2D eigenvalue weighted by Crippen LogP contribution is -2.40. The van der Waals surface area contributed by atoms with Crippen molar-refractivity contribution in [2.45, 2.75) is 12.8 Å². The van der Waals surface area contributed by atoms with Crippen LogP contribution in [0.4, 0.5) is 10.1 Å². The number of carbonyl (C=O) groups excluding carboxylic acids is 2. The van der Waals surface area contributed by atoms with E-state index in [1.54, 1.807) is 17.1 Å². The minimum absolute atomic E-state index is 0.0292. The summed E-state index contributed by atoms with van der Waals surface area (Å²) in [5.74, 6) is -0.895. The standard InChI is InChI=1S/C21H20ClFN2O2/c22-18-14-17(7-8-19(18)23)24-21(27)16-10-12-25(13-11-16)20(26)9-6-15-4-2-1-3-5-15/h1-9,14,16H,10-13H2,(H,24,27). The summed E-state index contributed by atoms with van der Waals surface area (Å²) in [5, 5.41) is 2.73. The molecule has 0 unspecified atom stereocenters. The van der Waals surface area contributed by atoms with E-state index in [0.29, 0.717) is 31.6 Å². The van der Waals surface area contributed by atoms with E-state index < -0.39 is 5.82 Å². The summed E-state index contributed by atoms with van der Waals surface area (Å²) in [6.07, 6.45) is 4.53. The van der Waals surface area contributed by atoms with E-state index in [2.05, 4.69) is 5.32 Å². The Morgan fingerprint density at radius 2 is 1.81 bits per heavy atom. The number of amides is 2. The van der Waals surface area contributed by atoms with Gasteiger partial charge in [-0.05, 0) is 42.7 Å². The average molecular weight is 387 g/mol. The van der Waals surface area contributed by atoms with Gasteiger partial charge in [-0.2, -0.15) is 0 Å². The predicted octanol–water partition coefficient (Wildman–Crippen LogP) is 4.37. The van der Waals surface area contributed by atoms with Crippen molar-refractivity contribution in [3.05, 3.63) is 71.0 Å². The zero-order valence-corrected chi connectivity index (χ0v) is 15.5.